The van der Waals surface area contributed by atoms with Gasteiger partial charge in [-0.15, -0.1) is 11.8 Å². The molecule has 0 saturated heterocycles. The molecular formula is C28H18. The van der Waals surface area contributed by atoms with Crippen molar-refractivity contribution in [3.63, 3.8) is 0 Å². The Morgan fingerprint density at radius 1 is 0.321 bits per heavy atom. The fraction of sp³-hybridized carbons (Fsp3) is 0.0714. The van der Waals surface area contributed by atoms with E-state index < -0.39 is 0 Å². The van der Waals surface area contributed by atoms with E-state index in [0.29, 0.717) is 0 Å². The van der Waals surface area contributed by atoms with Crippen molar-refractivity contribution in [2.75, 3.05) is 0 Å². The van der Waals surface area contributed by atoms with E-state index in [9.17, 15) is 0 Å². The first-order valence-electron chi connectivity index (χ1n) is 8.96. The van der Waals surface area contributed by atoms with Gasteiger partial charge in [0.1, 0.15) is 0 Å². The van der Waals surface area contributed by atoms with Crippen molar-refractivity contribution < 1.29 is 0 Å². The molecule has 0 nitrogen and oxygen atoms in total. The van der Waals surface area contributed by atoms with Gasteiger partial charge in [-0.2, -0.15) is 0 Å². The maximum atomic E-state index is 3.18. The SMILES string of the molecule is CC#Cc1ccc(C#Cc2ccc(C#Cc3ccc(C#CC)cc3)cc2)cc1. The highest BCUT2D eigenvalue weighted by molar-refractivity contribution is 5.49. The summed E-state index contributed by atoms with van der Waals surface area (Å²) >= 11 is 0. The molecule has 0 N–H and O–H groups in total. The molecule has 0 atom stereocenters. The summed E-state index contributed by atoms with van der Waals surface area (Å²) < 4.78 is 0. The zero-order valence-corrected chi connectivity index (χ0v) is 15.9. The first kappa shape index (κ1) is 18.7. The number of rotatable bonds is 0. The molecule has 0 aliphatic rings. The lowest BCUT2D eigenvalue weighted by molar-refractivity contribution is 1.57. The lowest BCUT2D eigenvalue weighted by Gasteiger charge is -1.94. The molecule has 28 heavy (non-hydrogen) atoms. The molecule has 130 valence electrons. The summed E-state index contributed by atoms with van der Waals surface area (Å²) in [7, 11) is 0. The fourth-order valence-corrected chi connectivity index (χ4v) is 2.49. The van der Waals surface area contributed by atoms with Gasteiger partial charge in [0.2, 0.25) is 0 Å². The molecule has 0 heteroatoms. The predicted octanol–water partition coefficient (Wildman–Crippen LogP) is 5.23. The van der Waals surface area contributed by atoms with Crippen LogP contribution in [0.15, 0.2) is 72.8 Å². The molecule has 0 radical (unpaired) electrons. The van der Waals surface area contributed by atoms with Gasteiger partial charge in [0.25, 0.3) is 0 Å². The smallest absolute Gasteiger partial charge is 0.0249 e. The minimum absolute atomic E-state index is 0.963. The van der Waals surface area contributed by atoms with Gasteiger partial charge >= 0.3 is 0 Å². The van der Waals surface area contributed by atoms with E-state index in [1.165, 1.54) is 0 Å². The average Bonchev–Trinajstić information content (AvgIpc) is 2.74. The Balaban J connectivity index is 1.68. The van der Waals surface area contributed by atoms with Crippen LogP contribution in [0, 0.1) is 47.4 Å². The van der Waals surface area contributed by atoms with E-state index in [0.717, 1.165) is 33.4 Å². The second-order valence-electron chi connectivity index (χ2n) is 5.98. The van der Waals surface area contributed by atoms with Crippen LogP contribution in [0.1, 0.15) is 47.2 Å². The van der Waals surface area contributed by atoms with Crippen molar-refractivity contribution in [2.24, 2.45) is 0 Å². The maximum absolute atomic E-state index is 3.18. The monoisotopic (exact) mass is 354 g/mol. The molecule has 0 amide bonds. The summed E-state index contributed by atoms with van der Waals surface area (Å²) in [6, 6.07) is 23.9. The lowest BCUT2D eigenvalue weighted by Crippen LogP contribution is -1.80. The topological polar surface area (TPSA) is 0 Å². The van der Waals surface area contributed by atoms with E-state index in [4.69, 9.17) is 0 Å². The molecule has 0 unspecified atom stereocenters. The average molecular weight is 354 g/mol. The molecule has 0 saturated carbocycles. The molecular weight excluding hydrogens is 336 g/mol. The zero-order chi connectivity index (χ0) is 19.6. The summed E-state index contributed by atoms with van der Waals surface area (Å²) in [4.78, 5) is 0. The Labute approximate surface area is 167 Å². The maximum Gasteiger partial charge on any atom is 0.0249 e. The lowest BCUT2D eigenvalue weighted by atomic mass is 10.1. The summed E-state index contributed by atoms with van der Waals surface area (Å²) in [5.41, 5.74) is 5.88. The van der Waals surface area contributed by atoms with Crippen molar-refractivity contribution in [1.82, 2.24) is 0 Å². The van der Waals surface area contributed by atoms with Crippen LogP contribution in [0.5, 0.6) is 0 Å². The molecule has 0 fully saturated rings. The quantitative estimate of drug-likeness (QED) is 0.485. The van der Waals surface area contributed by atoms with E-state index in [2.05, 4.69) is 47.4 Å². The minimum atomic E-state index is 0.963. The second kappa shape index (κ2) is 9.56. The Morgan fingerprint density at radius 2 is 0.500 bits per heavy atom. The highest BCUT2D eigenvalue weighted by Gasteiger charge is 1.92. The molecule has 0 heterocycles. The molecule has 0 aromatic heterocycles. The van der Waals surface area contributed by atoms with E-state index in [1.807, 2.05) is 86.6 Å². The summed E-state index contributed by atoms with van der Waals surface area (Å²) in [6.45, 7) is 3.67. The van der Waals surface area contributed by atoms with Gasteiger partial charge < -0.3 is 0 Å². The molecule has 0 aliphatic carbocycles. The van der Waals surface area contributed by atoms with Crippen molar-refractivity contribution in [1.29, 1.82) is 0 Å². The third-order valence-corrected chi connectivity index (χ3v) is 3.90. The number of hydrogen-bond donors (Lipinski definition) is 0. The van der Waals surface area contributed by atoms with Crippen molar-refractivity contribution in [3.8, 4) is 47.4 Å². The largest absolute Gasteiger partial charge is 0.101 e. The summed E-state index contributed by atoms with van der Waals surface area (Å²) in [5.74, 6) is 24.6. The van der Waals surface area contributed by atoms with Crippen LogP contribution in [0.25, 0.3) is 0 Å². The van der Waals surface area contributed by atoms with Crippen LogP contribution >= 0.6 is 0 Å². The minimum Gasteiger partial charge on any atom is -0.101 e. The van der Waals surface area contributed by atoms with Crippen LogP contribution in [0.2, 0.25) is 0 Å². The second-order valence-corrected chi connectivity index (χ2v) is 5.98. The summed E-state index contributed by atoms with van der Waals surface area (Å²) in [5, 5.41) is 0. The highest BCUT2D eigenvalue weighted by Crippen LogP contribution is 2.06. The molecule has 0 spiro atoms. The van der Waals surface area contributed by atoms with Gasteiger partial charge in [-0.05, 0) is 86.6 Å². The van der Waals surface area contributed by atoms with E-state index in [-0.39, 0.29) is 0 Å². The Bertz CT molecular complexity index is 1090. The standard InChI is InChI=1S/C28H18/c1-3-5-23-7-11-25(12-8-23)15-17-27-19-21-28(22-20-27)18-16-26-13-9-24(6-4-2)10-14-26/h7-14,19-22H,1-2H3. The Morgan fingerprint density at radius 3 is 0.679 bits per heavy atom. The van der Waals surface area contributed by atoms with Crippen molar-refractivity contribution in [2.45, 2.75) is 13.8 Å². The van der Waals surface area contributed by atoms with Gasteiger partial charge in [-0.25, -0.2) is 0 Å². The first-order valence-corrected chi connectivity index (χ1v) is 8.96. The first-order chi connectivity index (χ1) is 13.8. The third-order valence-electron chi connectivity index (χ3n) is 3.90. The fourth-order valence-electron chi connectivity index (χ4n) is 2.49. The Hall–Kier alpha value is -4.10. The molecule has 3 rings (SSSR count). The number of benzene rings is 3. The zero-order valence-electron chi connectivity index (χ0n) is 15.9. The normalized spacial score (nSPS) is 8.64. The van der Waals surface area contributed by atoms with Crippen LogP contribution < -0.4 is 0 Å². The molecule has 0 bridgehead atoms. The van der Waals surface area contributed by atoms with Gasteiger partial charge in [0, 0.05) is 33.4 Å². The van der Waals surface area contributed by atoms with Crippen LogP contribution in [-0.4, -0.2) is 0 Å². The summed E-state index contributed by atoms with van der Waals surface area (Å²) in [6.07, 6.45) is 0. The van der Waals surface area contributed by atoms with Crippen molar-refractivity contribution in [3.05, 3.63) is 106 Å². The van der Waals surface area contributed by atoms with Gasteiger partial charge in [-0.3, -0.25) is 0 Å². The van der Waals surface area contributed by atoms with E-state index in [1.54, 1.807) is 0 Å². The molecule has 3 aromatic rings. The van der Waals surface area contributed by atoms with Crippen LogP contribution in [0.3, 0.4) is 0 Å². The van der Waals surface area contributed by atoms with Crippen LogP contribution in [-0.2, 0) is 0 Å². The van der Waals surface area contributed by atoms with Gasteiger partial charge in [-0.1, -0.05) is 35.5 Å². The predicted molar refractivity (Wildman–Crippen MR) is 116 cm³/mol. The molecule has 0 aliphatic heterocycles. The third kappa shape index (κ3) is 5.45. The highest BCUT2D eigenvalue weighted by atomic mass is 13.9. The van der Waals surface area contributed by atoms with Gasteiger partial charge in [0.15, 0.2) is 0 Å². The molecule has 3 aromatic carbocycles. The van der Waals surface area contributed by atoms with Gasteiger partial charge in [0.05, 0.1) is 0 Å². The number of hydrogen-bond acceptors (Lipinski definition) is 0. The van der Waals surface area contributed by atoms with Crippen molar-refractivity contribution >= 4 is 0 Å². The van der Waals surface area contributed by atoms with Crippen LogP contribution in [0.4, 0.5) is 0 Å². The van der Waals surface area contributed by atoms with E-state index >= 15 is 0 Å². The Kier molecular flexibility index (Phi) is 6.38.